The molecule has 0 amide bonds. The van der Waals surface area contributed by atoms with Crippen LogP contribution >= 0.6 is 0 Å². The Balaban J connectivity index is 1.55. The fraction of sp³-hybridized carbons (Fsp3) is 0.833. The first-order chi connectivity index (χ1) is 11.3. The van der Waals surface area contributed by atoms with Crippen LogP contribution in [0.3, 0.4) is 0 Å². The van der Waals surface area contributed by atoms with Crippen LogP contribution in [0.1, 0.15) is 64.7 Å². The topological polar surface area (TPSA) is 80.7 Å². The van der Waals surface area contributed by atoms with E-state index in [0.717, 1.165) is 44.9 Å². The van der Waals surface area contributed by atoms with E-state index in [-0.39, 0.29) is 5.41 Å². The Bertz CT molecular complexity index is 694. The molecule has 5 nitrogen and oxygen atoms in total. The molecule has 134 valence electrons. The molecule has 4 aliphatic rings. The molecule has 0 spiro atoms. The van der Waals surface area contributed by atoms with E-state index in [2.05, 4.69) is 6.92 Å². The van der Waals surface area contributed by atoms with E-state index in [0.29, 0.717) is 36.4 Å². The highest BCUT2D eigenvalue weighted by molar-refractivity contribution is 7.80. The van der Waals surface area contributed by atoms with E-state index in [1.165, 1.54) is 11.1 Å². The van der Waals surface area contributed by atoms with Crippen molar-refractivity contribution >= 4 is 16.2 Å². The molecule has 6 heteroatoms. The van der Waals surface area contributed by atoms with Crippen LogP contribution in [0.25, 0.3) is 0 Å². The summed E-state index contributed by atoms with van der Waals surface area (Å²) in [4.78, 5) is 12.4. The van der Waals surface area contributed by atoms with Gasteiger partial charge in [-0.05, 0) is 69.1 Å². The van der Waals surface area contributed by atoms with Crippen LogP contribution < -0.4 is 0 Å². The molecule has 1 N–H and O–H groups in total. The lowest BCUT2D eigenvalue weighted by Gasteiger charge is -2.50. The van der Waals surface area contributed by atoms with Gasteiger partial charge in [0.2, 0.25) is 0 Å². The number of rotatable bonds is 2. The highest BCUT2D eigenvalue weighted by Gasteiger charge is 2.55. The van der Waals surface area contributed by atoms with E-state index in [4.69, 9.17) is 8.74 Å². The second-order valence-electron chi connectivity index (χ2n) is 8.35. The van der Waals surface area contributed by atoms with Gasteiger partial charge in [-0.1, -0.05) is 18.1 Å². The molecule has 2 fully saturated rings. The van der Waals surface area contributed by atoms with Crippen molar-refractivity contribution in [3.8, 4) is 0 Å². The number of Topliss-reactive ketones (excluding diaryl/α,β-unsaturated/α-hetero) is 1. The molecule has 4 rings (SSSR count). The van der Waals surface area contributed by atoms with Gasteiger partial charge >= 0.3 is 10.4 Å². The minimum absolute atomic E-state index is 0.0927. The second-order valence-corrected chi connectivity index (χ2v) is 9.40. The van der Waals surface area contributed by atoms with Crippen LogP contribution in [-0.4, -0.2) is 24.9 Å². The molecule has 0 aromatic carbocycles. The second kappa shape index (κ2) is 5.64. The molecule has 5 atom stereocenters. The number of fused-ring (bicyclic) bond motifs is 4. The van der Waals surface area contributed by atoms with E-state index in [9.17, 15) is 13.2 Å². The summed E-state index contributed by atoms with van der Waals surface area (Å²) in [6.45, 7) is 2.18. The Kier molecular flexibility index (Phi) is 3.93. The zero-order chi connectivity index (χ0) is 17.1. The van der Waals surface area contributed by atoms with E-state index in [1.807, 2.05) is 0 Å². The van der Waals surface area contributed by atoms with Crippen molar-refractivity contribution in [1.29, 1.82) is 0 Å². The van der Waals surface area contributed by atoms with Gasteiger partial charge in [-0.15, -0.1) is 0 Å². The highest BCUT2D eigenvalue weighted by atomic mass is 32.3. The first-order valence-electron chi connectivity index (χ1n) is 9.18. The summed E-state index contributed by atoms with van der Waals surface area (Å²) in [5, 5.41) is 0. The number of carbonyl (C=O) groups excluding carboxylic acids is 1. The zero-order valence-electron chi connectivity index (χ0n) is 14.2. The molecule has 0 bridgehead atoms. The van der Waals surface area contributed by atoms with Crippen molar-refractivity contribution in [2.75, 3.05) is 0 Å². The summed E-state index contributed by atoms with van der Waals surface area (Å²) >= 11 is 0. The lowest BCUT2D eigenvalue weighted by Crippen LogP contribution is -2.44. The minimum Gasteiger partial charge on any atom is -0.299 e. The molecule has 0 radical (unpaired) electrons. The molecule has 0 aliphatic heterocycles. The third-order valence-corrected chi connectivity index (χ3v) is 7.81. The van der Waals surface area contributed by atoms with Gasteiger partial charge in [0, 0.05) is 11.8 Å². The number of allylic oxidation sites excluding steroid dienone is 1. The normalized spacial score (nSPS) is 42.5. The predicted molar refractivity (Wildman–Crippen MR) is 88.6 cm³/mol. The van der Waals surface area contributed by atoms with Crippen molar-refractivity contribution in [3.05, 3.63) is 11.1 Å². The summed E-state index contributed by atoms with van der Waals surface area (Å²) in [6.07, 6.45) is 7.71. The van der Waals surface area contributed by atoms with Crippen LogP contribution in [0.5, 0.6) is 0 Å². The van der Waals surface area contributed by atoms with Crippen LogP contribution in [0.15, 0.2) is 11.1 Å². The SMILES string of the molecule is C[C@]12CC[C@@H]3C4=C(CC[C@H]3[C@@H]1CCC2=O)C[C@@H](OS(=O)(=O)O)CC4. The van der Waals surface area contributed by atoms with Gasteiger partial charge in [0.25, 0.3) is 0 Å². The van der Waals surface area contributed by atoms with Crippen molar-refractivity contribution in [2.45, 2.75) is 70.8 Å². The van der Waals surface area contributed by atoms with Gasteiger partial charge in [0.15, 0.2) is 0 Å². The van der Waals surface area contributed by atoms with Crippen molar-refractivity contribution in [1.82, 2.24) is 0 Å². The van der Waals surface area contributed by atoms with E-state index < -0.39 is 16.5 Å². The summed E-state index contributed by atoms with van der Waals surface area (Å²) in [5.41, 5.74) is 2.77. The number of carbonyl (C=O) groups is 1. The molecular formula is C18H26O5S. The average Bonchev–Trinajstić information content (AvgIpc) is 2.81. The summed E-state index contributed by atoms with van der Waals surface area (Å²) in [6, 6.07) is 0. The lowest BCUT2D eigenvalue weighted by molar-refractivity contribution is -0.129. The van der Waals surface area contributed by atoms with Gasteiger partial charge in [0.1, 0.15) is 5.78 Å². The zero-order valence-corrected chi connectivity index (χ0v) is 15.0. The summed E-state index contributed by atoms with van der Waals surface area (Å²) < 4.78 is 35.7. The molecule has 0 heterocycles. The van der Waals surface area contributed by atoms with Crippen LogP contribution in [-0.2, 0) is 19.4 Å². The fourth-order valence-electron chi connectivity index (χ4n) is 6.20. The number of ketones is 1. The molecule has 0 aromatic heterocycles. The minimum atomic E-state index is -4.37. The van der Waals surface area contributed by atoms with Crippen molar-refractivity contribution < 1.29 is 21.9 Å². The largest absolute Gasteiger partial charge is 0.397 e. The third kappa shape index (κ3) is 2.67. The van der Waals surface area contributed by atoms with E-state index >= 15 is 0 Å². The van der Waals surface area contributed by atoms with Crippen LogP contribution in [0, 0.1) is 23.2 Å². The summed E-state index contributed by atoms with van der Waals surface area (Å²) in [5.74, 6) is 2.19. The average molecular weight is 354 g/mol. The highest BCUT2D eigenvalue weighted by Crippen LogP contribution is 2.60. The Morgan fingerprint density at radius 3 is 2.67 bits per heavy atom. The Morgan fingerprint density at radius 1 is 1.12 bits per heavy atom. The standard InChI is InChI=1S/C18H26O5S/c1-18-9-8-14-13-5-3-12(23-24(20,21)22)10-11(13)2-4-15(14)16(18)6-7-17(18)19/h12,14-16H,2-10H2,1H3,(H,20,21,22)/t12-,14+,15+,16-,18-/m0/s1. The molecule has 4 aliphatic carbocycles. The molecule has 24 heavy (non-hydrogen) atoms. The van der Waals surface area contributed by atoms with Crippen molar-refractivity contribution in [2.24, 2.45) is 23.2 Å². The van der Waals surface area contributed by atoms with E-state index in [1.54, 1.807) is 0 Å². The quantitative estimate of drug-likeness (QED) is 0.607. The monoisotopic (exact) mass is 354 g/mol. The maximum Gasteiger partial charge on any atom is 0.397 e. The smallest absolute Gasteiger partial charge is 0.299 e. The first kappa shape index (κ1) is 16.7. The number of hydrogen-bond acceptors (Lipinski definition) is 4. The number of hydrogen-bond donors (Lipinski definition) is 1. The Labute approximate surface area is 143 Å². The van der Waals surface area contributed by atoms with Gasteiger partial charge in [-0.25, -0.2) is 4.18 Å². The van der Waals surface area contributed by atoms with Crippen molar-refractivity contribution in [3.63, 3.8) is 0 Å². The molecular weight excluding hydrogens is 328 g/mol. The fourth-order valence-corrected chi connectivity index (χ4v) is 6.71. The Morgan fingerprint density at radius 2 is 1.92 bits per heavy atom. The lowest BCUT2D eigenvalue weighted by atomic mass is 9.54. The third-order valence-electron chi connectivity index (χ3n) is 7.29. The Hall–Kier alpha value is -0.720. The van der Waals surface area contributed by atoms with Crippen LogP contribution in [0.4, 0.5) is 0 Å². The van der Waals surface area contributed by atoms with Gasteiger partial charge in [-0.2, -0.15) is 8.42 Å². The van der Waals surface area contributed by atoms with Crippen LogP contribution in [0.2, 0.25) is 0 Å². The molecule has 2 saturated carbocycles. The first-order valence-corrected chi connectivity index (χ1v) is 10.5. The maximum absolute atomic E-state index is 12.4. The molecule has 0 aromatic rings. The molecule has 0 unspecified atom stereocenters. The maximum atomic E-state index is 12.4. The molecule has 0 saturated heterocycles. The summed E-state index contributed by atoms with van der Waals surface area (Å²) in [7, 11) is -4.37. The van der Waals surface area contributed by atoms with Gasteiger partial charge in [0.05, 0.1) is 6.10 Å². The predicted octanol–water partition coefficient (Wildman–Crippen LogP) is 3.46. The van der Waals surface area contributed by atoms with Gasteiger partial charge in [-0.3, -0.25) is 9.35 Å². The van der Waals surface area contributed by atoms with Gasteiger partial charge < -0.3 is 0 Å².